The van der Waals surface area contributed by atoms with Crippen molar-refractivity contribution in [1.29, 1.82) is 0 Å². The van der Waals surface area contributed by atoms with Gasteiger partial charge in [-0.2, -0.15) is 0 Å². The van der Waals surface area contributed by atoms with E-state index in [1.807, 2.05) is 37.3 Å². The van der Waals surface area contributed by atoms with E-state index in [4.69, 9.17) is 0 Å². The molecule has 3 aromatic rings. The van der Waals surface area contributed by atoms with Crippen molar-refractivity contribution in [2.24, 2.45) is 0 Å². The van der Waals surface area contributed by atoms with Gasteiger partial charge < -0.3 is 0 Å². The molecule has 0 amide bonds. The molecule has 0 aliphatic heterocycles. The van der Waals surface area contributed by atoms with Crippen molar-refractivity contribution >= 4 is 10.8 Å². The minimum atomic E-state index is -0.205. The number of pyridine rings is 1. The molecule has 3 rings (SSSR count). The Labute approximate surface area is 105 Å². The Morgan fingerprint density at radius 2 is 1.67 bits per heavy atom. The third kappa shape index (κ3) is 1.76. The molecule has 1 heterocycles. The molecule has 0 bridgehead atoms. The molecule has 88 valence electrons. The van der Waals surface area contributed by atoms with Gasteiger partial charge in [-0.25, -0.2) is 4.39 Å². The van der Waals surface area contributed by atoms with E-state index in [0.29, 0.717) is 5.39 Å². The van der Waals surface area contributed by atoms with Gasteiger partial charge in [0.1, 0.15) is 5.82 Å². The highest BCUT2D eigenvalue weighted by Gasteiger charge is 2.07. The summed E-state index contributed by atoms with van der Waals surface area (Å²) < 4.78 is 13.7. The van der Waals surface area contributed by atoms with Crippen LogP contribution >= 0.6 is 0 Å². The van der Waals surface area contributed by atoms with Gasteiger partial charge in [-0.1, -0.05) is 42.0 Å². The third-order valence-corrected chi connectivity index (χ3v) is 3.08. The molecule has 0 aliphatic rings. The number of aryl methyl sites for hydroxylation is 1. The van der Waals surface area contributed by atoms with E-state index >= 15 is 0 Å². The largest absolute Gasteiger partial charge is 0.256 e. The van der Waals surface area contributed by atoms with Crippen molar-refractivity contribution in [2.75, 3.05) is 0 Å². The summed E-state index contributed by atoms with van der Waals surface area (Å²) in [5.41, 5.74) is 3.04. The van der Waals surface area contributed by atoms with Crippen LogP contribution in [-0.2, 0) is 0 Å². The van der Waals surface area contributed by atoms with E-state index in [2.05, 4.69) is 4.98 Å². The Morgan fingerprint density at radius 1 is 0.889 bits per heavy atom. The van der Waals surface area contributed by atoms with Crippen LogP contribution < -0.4 is 0 Å². The van der Waals surface area contributed by atoms with E-state index in [9.17, 15) is 4.39 Å². The van der Waals surface area contributed by atoms with Crippen LogP contribution in [0.15, 0.2) is 54.7 Å². The zero-order chi connectivity index (χ0) is 12.5. The Kier molecular flexibility index (Phi) is 2.56. The summed E-state index contributed by atoms with van der Waals surface area (Å²) in [6.07, 6.45) is 1.65. The molecule has 0 aliphatic carbocycles. The molecule has 0 fully saturated rings. The molecule has 2 aromatic carbocycles. The average Bonchev–Trinajstić information content (AvgIpc) is 2.40. The first kappa shape index (κ1) is 10.9. The van der Waals surface area contributed by atoms with Gasteiger partial charge in [-0.3, -0.25) is 4.98 Å². The second-order valence-electron chi connectivity index (χ2n) is 4.36. The summed E-state index contributed by atoms with van der Waals surface area (Å²) in [6.45, 7) is 2.04. The highest BCUT2D eigenvalue weighted by molar-refractivity contribution is 5.94. The van der Waals surface area contributed by atoms with Crippen LogP contribution in [0.3, 0.4) is 0 Å². The van der Waals surface area contributed by atoms with E-state index in [0.717, 1.165) is 16.6 Å². The topological polar surface area (TPSA) is 12.9 Å². The highest BCUT2D eigenvalue weighted by Crippen LogP contribution is 2.27. The second kappa shape index (κ2) is 4.22. The van der Waals surface area contributed by atoms with Crippen LogP contribution in [0.1, 0.15) is 5.56 Å². The molecule has 0 atom stereocenters. The fraction of sp³-hybridized carbons (Fsp3) is 0.0625. The van der Waals surface area contributed by atoms with Crippen molar-refractivity contribution in [1.82, 2.24) is 4.98 Å². The quantitative estimate of drug-likeness (QED) is 0.613. The van der Waals surface area contributed by atoms with E-state index in [-0.39, 0.29) is 5.82 Å². The molecule has 18 heavy (non-hydrogen) atoms. The monoisotopic (exact) mass is 237 g/mol. The van der Waals surface area contributed by atoms with Crippen molar-refractivity contribution in [3.8, 4) is 11.3 Å². The minimum absolute atomic E-state index is 0.205. The summed E-state index contributed by atoms with van der Waals surface area (Å²) in [5.74, 6) is -0.205. The maximum Gasteiger partial charge on any atom is 0.131 e. The van der Waals surface area contributed by atoms with Crippen molar-refractivity contribution in [2.45, 2.75) is 6.92 Å². The molecular formula is C16H12FN. The van der Waals surface area contributed by atoms with Crippen LogP contribution in [0.2, 0.25) is 0 Å². The van der Waals surface area contributed by atoms with Gasteiger partial charge in [-0.05, 0) is 19.1 Å². The van der Waals surface area contributed by atoms with Gasteiger partial charge in [0.2, 0.25) is 0 Å². The predicted molar refractivity (Wildman–Crippen MR) is 71.9 cm³/mol. The van der Waals surface area contributed by atoms with Crippen LogP contribution in [0.5, 0.6) is 0 Å². The number of rotatable bonds is 1. The molecule has 0 radical (unpaired) electrons. The lowest BCUT2D eigenvalue weighted by Crippen LogP contribution is -1.88. The summed E-state index contributed by atoms with van der Waals surface area (Å²) in [6, 6.07) is 14.9. The van der Waals surface area contributed by atoms with Gasteiger partial charge in [0.05, 0.1) is 5.69 Å². The highest BCUT2D eigenvalue weighted by atomic mass is 19.1. The number of aromatic nitrogens is 1. The number of fused-ring (bicyclic) bond motifs is 1. The minimum Gasteiger partial charge on any atom is -0.256 e. The molecule has 0 saturated heterocycles. The second-order valence-corrected chi connectivity index (χ2v) is 4.36. The Morgan fingerprint density at radius 3 is 2.44 bits per heavy atom. The summed E-state index contributed by atoms with van der Waals surface area (Å²) in [4.78, 5) is 4.38. The first-order chi connectivity index (χ1) is 8.75. The Bertz CT molecular complexity index is 702. The first-order valence-electron chi connectivity index (χ1n) is 5.86. The maximum absolute atomic E-state index is 13.7. The molecular weight excluding hydrogens is 225 g/mol. The van der Waals surface area contributed by atoms with Crippen LogP contribution in [0.4, 0.5) is 4.39 Å². The van der Waals surface area contributed by atoms with Gasteiger partial charge in [0, 0.05) is 22.5 Å². The van der Waals surface area contributed by atoms with E-state index in [1.54, 1.807) is 18.3 Å². The van der Waals surface area contributed by atoms with Crippen LogP contribution in [0.25, 0.3) is 22.0 Å². The van der Waals surface area contributed by atoms with Crippen LogP contribution in [-0.4, -0.2) is 4.98 Å². The van der Waals surface area contributed by atoms with E-state index in [1.165, 1.54) is 11.6 Å². The lowest BCUT2D eigenvalue weighted by atomic mass is 10.0. The lowest BCUT2D eigenvalue weighted by Gasteiger charge is -2.06. The number of nitrogens with zero attached hydrogens (tertiary/aromatic N) is 1. The Balaban J connectivity index is 2.29. The number of benzene rings is 2. The van der Waals surface area contributed by atoms with E-state index < -0.39 is 0 Å². The van der Waals surface area contributed by atoms with Crippen LogP contribution in [0, 0.1) is 12.7 Å². The zero-order valence-electron chi connectivity index (χ0n) is 10.0. The smallest absolute Gasteiger partial charge is 0.131 e. The van der Waals surface area contributed by atoms with Gasteiger partial charge in [0.25, 0.3) is 0 Å². The Hall–Kier alpha value is -2.22. The third-order valence-electron chi connectivity index (χ3n) is 3.08. The molecule has 1 aromatic heterocycles. The molecule has 0 saturated carbocycles. The SMILES string of the molecule is Cc1ccc(-c2nccc3c(F)cccc23)cc1. The van der Waals surface area contributed by atoms with Crippen molar-refractivity contribution in [3.05, 3.63) is 66.1 Å². The van der Waals surface area contributed by atoms with Gasteiger partial charge >= 0.3 is 0 Å². The zero-order valence-corrected chi connectivity index (χ0v) is 10.0. The van der Waals surface area contributed by atoms with Gasteiger partial charge in [0.15, 0.2) is 0 Å². The first-order valence-corrected chi connectivity index (χ1v) is 5.86. The summed E-state index contributed by atoms with van der Waals surface area (Å²) in [5, 5.41) is 1.46. The normalized spacial score (nSPS) is 10.8. The van der Waals surface area contributed by atoms with Gasteiger partial charge in [-0.15, -0.1) is 0 Å². The van der Waals surface area contributed by atoms with Crippen molar-refractivity contribution in [3.63, 3.8) is 0 Å². The average molecular weight is 237 g/mol. The molecule has 2 heteroatoms. The predicted octanol–water partition coefficient (Wildman–Crippen LogP) is 4.35. The summed E-state index contributed by atoms with van der Waals surface area (Å²) in [7, 11) is 0. The molecule has 0 N–H and O–H groups in total. The maximum atomic E-state index is 13.7. The lowest BCUT2D eigenvalue weighted by molar-refractivity contribution is 0.640. The number of hydrogen-bond acceptors (Lipinski definition) is 1. The summed E-state index contributed by atoms with van der Waals surface area (Å²) >= 11 is 0. The number of halogens is 1. The fourth-order valence-corrected chi connectivity index (χ4v) is 2.11. The fourth-order valence-electron chi connectivity index (χ4n) is 2.11. The number of hydrogen-bond donors (Lipinski definition) is 0. The molecule has 1 nitrogen and oxygen atoms in total. The standard InChI is InChI=1S/C16H12FN/c1-11-5-7-12(8-6-11)16-14-3-2-4-15(17)13(14)9-10-18-16/h2-10H,1H3. The molecule has 0 unspecified atom stereocenters. The molecule has 0 spiro atoms. The van der Waals surface area contributed by atoms with Crippen molar-refractivity contribution < 1.29 is 4.39 Å².